The van der Waals surface area contributed by atoms with Gasteiger partial charge < -0.3 is 13.7 Å². The normalized spacial score (nSPS) is 11.2. The highest BCUT2D eigenvalue weighted by Gasteiger charge is 2.17. The highest BCUT2D eigenvalue weighted by atomic mass is 16.5. The molecule has 0 unspecified atom stereocenters. The Labute approximate surface area is 148 Å². The molecule has 6 nitrogen and oxygen atoms in total. The number of aryl methyl sites for hydroxylation is 2. The van der Waals surface area contributed by atoms with Gasteiger partial charge in [-0.15, -0.1) is 0 Å². The molecule has 0 radical (unpaired) electrons. The fourth-order valence-corrected chi connectivity index (χ4v) is 3.07. The van der Waals surface area contributed by atoms with Crippen molar-refractivity contribution in [2.24, 2.45) is 7.05 Å². The summed E-state index contributed by atoms with van der Waals surface area (Å²) in [7, 11) is 1.86. The van der Waals surface area contributed by atoms with Crippen LogP contribution >= 0.6 is 0 Å². The Morgan fingerprint density at radius 2 is 2.00 bits per heavy atom. The number of rotatable bonds is 2. The third kappa shape index (κ3) is 2.47. The number of aromatic nitrogens is 2. The van der Waals surface area contributed by atoms with Gasteiger partial charge in [0, 0.05) is 20.0 Å². The Morgan fingerprint density at radius 3 is 2.73 bits per heavy atom. The number of hydrogen-bond donors (Lipinski definition) is 0. The lowest BCUT2D eigenvalue weighted by molar-refractivity contribution is -0.131. The summed E-state index contributed by atoms with van der Waals surface area (Å²) >= 11 is 0. The maximum atomic E-state index is 13.0. The number of benzene rings is 2. The molecular weight excluding hydrogens is 332 g/mol. The number of carbonyl (C=O) groups is 1. The second-order valence-electron chi connectivity index (χ2n) is 6.17. The minimum Gasteiger partial charge on any atom is -0.463 e. The number of carbonyl (C=O) groups excluding carboxylic acids is 1. The van der Waals surface area contributed by atoms with E-state index in [-0.39, 0.29) is 5.43 Å². The van der Waals surface area contributed by atoms with Gasteiger partial charge >= 0.3 is 5.97 Å². The maximum Gasteiger partial charge on any atom is 0.308 e. The van der Waals surface area contributed by atoms with Crippen LogP contribution in [0.25, 0.3) is 33.4 Å². The van der Waals surface area contributed by atoms with E-state index in [1.807, 2.05) is 35.9 Å². The van der Waals surface area contributed by atoms with Crippen molar-refractivity contribution in [1.82, 2.24) is 9.55 Å². The van der Waals surface area contributed by atoms with Crippen molar-refractivity contribution in [3.63, 3.8) is 0 Å². The molecule has 6 heteroatoms. The monoisotopic (exact) mass is 348 g/mol. The van der Waals surface area contributed by atoms with Crippen LogP contribution in [-0.4, -0.2) is 15.5 Å². The van der Waals surface area contributed by atoms with E-state index >= 15 is 0 Å². The first-order valence-electron chi connectivity index (χ1n) is 8.12. The Balaban J connectivity index is 1.94. The second kappa shape index (κ2) is 5.84. The van der Waals surface area contributed by atoms with E-state index in [4.69, 9.17) is 9.15 Å². The van der Waals surface area contributed by atoms with Gasteiger partial charge in [-0.25, -0.2) is 4.98 Å². The van der Waals surface area contributed by atoms with Crippen molar-refractivity contribution in [1.29, 1.82) is 0 Å². The fourth-order valence-electron chi connectivity index (χ4n) is 3.07. The molecule has 2 aromatic carbocycles. The molecule has 0 saturated heterocycles. The van der Waals surface area contributed by atoms with Gasteiger partial charge in [-0.1, -0.05) is 12.1 Å². The average molecular weight is 348 g/mol. The molecule has 0 amide bonds. The molecule has 0 aliphatic heterocycles. The molecule has 0 fully saturated rings. The van der Waals surface area contributed by atoms with Gasteiger partial charge in [0.15, 0.2) is 0 Å². The molecule has 130 valence electrons. The van der Waals surface area contributed by atoms with E-state index in [9.17, 15) is 9.59 Å². The zero-order valence-electron chi connectivity index (χ0n) is 14.6. The Bertz CT molecular complexity index is 1230. The van der Waals surface area contributed by atoms with Gasteiger partial charge in [-0.05, 0) is 30.7 Å². The Kier molecular flexibility index (Phi) is 3.61. The first-order chi connectivity index (χ1) is 12.5. The molecule has 0 aliphatic carbocycles. The smallest absolute Gasteiger partial charge is 0.308 e. The Hall–Kier alpha value is -3.41. The van der Waals surface area contributed by atoms with E-state index in [0.29, 0.717) is 33.7 Å². The summed E-state index contributed by atoms with van der Waals surface area (Å²) in [4.78, 5) is 28.8. The predicted octanol–water partition coefficient (Wildman–Crippen LogP) is 3.58. The molecule has 4 aromatic rings. The third-order valence-electron chi connectivity index (χ3n) is 4.35. The van der Waals surface area contributed by atoms with Crippen LogP contribution in [0.4, 0.5) is 0 Å². The quantitative estimate of drug-likeness (QED) is 0.409. The minimum absolute atomic E-state index is 0.179. The number of para-hydroxylation sites is 2. The summed E-state index contributed by atoms with van der Waals surface area (Å²) < 4.78 is 12.7. The number of imidazole rings is 1. The van der Waals surface area contributed by atoms with Crippen LogP contribution in [0.2, 0.25) is 0 Å². The summed E-state index contributed by atoms with van der Waals surface area (Å²) in [6.45, 7) is 3.10. The third-order valence-corrected chi connectivity index (χ3v) is 4.35. The van der Waals surface area contributed by atoms with Crippen LogP contribution < -0.4 is 10.2 Å². The highest BCUT2D eigenvalue weighted by molar-refractivity contribution is 5.86. The lowest BCUT2D eigenvalue weighted by Gasteiger charge is -2.08. The first-order valence-corrected chi connectivity index (χ1v) is 8.12. The van der Waals surface area contributed by atoms with Crippen LogP contribution in [0.5, 0.6) is 5.75 Å². The Morgan fingerprint density at radius 1 is 1.23 bits per heavy atom. The van der Waals surface area contributed by atoms with Crippen molar-refractivity contribution in [2.75, 3.05) is 0 Å². The first kappa shape index (κ1) is 16.1. The van der Waals surface area contributed by atoms with Gasteiger partial charge in [-0.3, -0.25) is 9.59 Å². The van der Waals surface area contributed by atoms with Crippen molar-refractivity contribution >= 4 is 28.0 Å². The summed E-state index contributed by atoms with van der Waals surface area (Å²) in [6.07, 6.45) is 1.40. The van der Waals surface area contributed by atoms with E-state index < -0.39 is 5.97 Å². The number of hydrogen-bond acceptors (Lipinski definition) is 5. The minimum atomic E-state index is -0.425. The molecule has 0 bridgehead atoms. The summed E-state index contributed by atoms with van der Waals surface area (Å²) in [5.74, 6) is 0.498. The standard InChI is InChI=1S/C20H16N2O4/c1-11-8-13-18(9-17(11)26-12(2)23)25-10-14(19(13)24)20-21-15-6-4-5-7-16(15)22(20)3/h4-10H,1-3H3. The molecular formula is C20H16N2O4. The number of nitrogens with zero attached hydrogens (tertiary/aromatic N) is 2. The van der Waals surface area contributed by atoms with Crippen LogP contribution in [0.15, 0.2) is 51.9 Å². The van der Waals surface area contributed by atoms with Crippen molar-refractivity contribution in [2.45, 2.75) is 13.8 Å². The second-order valence-corrected chi connectivity index (χ2v) is 6.17. The average Bonchev–Trinajstić information content (AvgIpc) is 2.93. The SMILES string of the molecule is CC(=O)Oc1cc2occ(-c3nc4ccccc4n3C)c(=O)c2cc1C. The van der Waals surface area contributed by atoms with E-state index in [1.165, 1.54) is 13.2 Å². The molecule has 2 heterocycles. The fraction of sp³-hybridized carbons (Fsp3) is 0.150. The van der Waals surface area contributed by atoms with Crippen LogP contribution in [0.1, 0.15) is 12.5 Å². The van der Waals surface area contributed by atoms with Gasteiger partial charge in [0.1, 0.15) is 29.0 Å². The molecule has 4 rings (SSSR count). The topological polar surface area (TPSA) is 74.3 Å². The van der Waals surface area contributed by atoms with E-state index in [0.717, 1.165) is 11.0 Å². The summed E-state index contributed by atoms with van der Waals surface area (Å²) in [5, 5.41) is 0.419. The van der Waals surface area contributed by atoms with Gasteiger partial charge in [0.2, 0.25) is 5.43 Å². The molecule has 0 N–H and O–H groups in total. The van der Waals surface area contributed by atoms with Crippen molar-refractivity contribution in [3.05, 3.63) is 58.4 Å². The zero-order chi connectivity index (χ0) is 18.4. The molecule has 2 aromatic heterocycles. The molecule has 0 saturated carbocycles. The van der Waals surface area contributed by atoms with E-state index in [2.05, 4.69) is 4.98 Å². The molecule has 0 spiro atoms. The summed E-state index contributed by atoms with van der Waals surface area (Å²) in [6, 6.07) is 10.9. The van der Waals surface area contributed by atoms with E-state index in [1.54, 1.807) is 19.1 Å². The predicted molar refractivity (Wildman–Crippen MR) is 98.2 cm³/mol. The zero-order valence-corrected chi connectivity index (χ0v) is 14.6. The van der Waals surface area contributed by atoms with Gasteiger partial charge in [0.05, 0.1) is 16.4 Å². The highest BCUT2D eigenvalue weighted by Crippen LogP contribution is 2.27. The lowest BCUT2D eigenvalue weighted by Crippen LogP contribution is -2.09. The van der Waals surface area contributed by atoms with Crippen molar-refractivity contribution < 1.29 is 13.9 Å². The molecule has 26 heavy (non-hydrogen) atoms. The van der Waals surface area contributed by atoms with Crippen molar-refractivity contribution in [3.8, 4) is 17.1 Å². The van der Waals surface area contributed by atoms with Gasteiger partial charge in [0.25, 0.3) is 0 Å². The number of fused-ring (bicyclic) bond motifs is 2. The summed E-state index contributed by atoms with van der Waals surface area (Å²) in [5.41, 5.74) is 2.99. The van der Waals surface area contributed by atoms with Crippen LogP contribution in [-0.2, 0) is 11.8 Å². The largest absolute Gasteiger partial charge is 0.463 e. The molecule has 0 aliphatic rings. The van der Waals surface area contributed by atoms with Gasteiger partial charge in [-0.2, -0.15) is 0 Å². The van der Waals surface area contributed by atoms with Crippen LogP contribution in [0.3, 0.4) is 0 Å². The molecule has 0 atom stereocenters. The van der Waals surface area contributed by atoms with Crippen LogP contribution in [0, 0.1) is 6.92 Å². The number of esters is 1. The number of ether oxygens (including phenoxy) is 1. The lowest BCUT2D eigenvalue weighted by atomic mass is 10.1. The maximum absolute atomic E-state index is 13.0.